The summed E-state index contributed by atoms with van der Waals surface area (Å²) in [4.78, 5) is 7.70. The van der Waals surface area contributed by atoms with Crippen LogP contribution in [0.15, 0.2) is 6.07 Å². The van der Waals surface area contributed by atoms with Crippen molar-refractivity contribution in [2.75, 3.05) is 29.7 Å². The summed E-state index contributed by atoms with van der Waals surface area (Å²) in [5.74, 6) is 5.94. The number of rotatable bonds is 5. The molecule has 1 aromatic rings. The van der Waals surface area contributed by atoms with Gasteiger partial charge in [-0.3, -0.25) is 0 Å². The van der Waals surface area contributed by atoms with E-state index in [9.17, 15) is 0 Å². The number of anilines is 3. The van der Waals surface area contributed by atoms with Gasteiger partial charge in [0.2, 0.25) is 5.95 Å². The molecule has 0 bridgehead atoms. The van der Waals surface area contributed by atoms with Crippen molar-refractivity contribution in [3.63, 3.8) is 0 Å². The van der Waals surface area contributed by atoms with Gasteiger partial charge in [-0.15, -0.1) is 0 Å². The summed E-state index contributed by atoms with van der Waals surface area (Å²) < 4.78 is 0. The number of hydrazine groups is 1. The fraction of sp³-hybridized carbons (Fsp3) is 0.500. The van der Waals surface area contributed by atoms with Gasteiger partial charge in [0.15, 0.2) is 0 Å². The van der Waals surface area contributed by atoms with Crippen LogP contribution in [0, 0.1) is 0 Å². The molecule has 0 unspecified atom stereocenters. The van der Waals surface area contributed by atoms with Gasteiger partial charge in [-0.05, 0) is 6.92 Å². The Kier molecular flexibility index (Phi) is 3.82. The molecule has 0 aliphatic rings. The summed E-state index contributed by atoms with van der Waals surface area (Å²) in [5, 5.41) is 21.1. The second kappa shape index (κ2) is 4.92. The van der Waals surface area contributed by atoms with E-state index in [-0.39, 0.29) is 19.2 Å². The number of hydrogen-bond acceptors (Lipinski definition) is 8. The number of nitrogen functional groups attached to an aromatic ring is 2. The van der Waals surface area contributed by atoms with Crippen molar-refractivity contribution < 1.29 is 10.2 Å². The molecule has 0 saturated heterocycles. The molecule has 0 atom stereocenters. The van der Waals surface area contributed by atoms with Crippen LogP contribution >= 0.6 is 0 Å². The van der Waals surface area contributed by atoms with Crippen LogP contribution in [0.25, 0.3) is 0 Å². The summed E-state index contributed by atoms with van der Waals surface area (Å²) in [6.07, 6.45) is 0. The zero-order valence-electron chi connectivity index (χ0n) is 8.94. The predicted molar refractivity (Wildman–Crippen MR) is 60.5 cm³/mol. The molecule has 8 heteroatoms. The highest BCUT2D eigenvalue weighted by atomic mass is 16.3. The molecule has 0 radical (unpaired) electrons. The van der Waals surface area contributed by atoms with Gasteiger partial charge in [0, 0.05) is 6.07 Å². The van der Waals surface area contributed by atoms with Crippen LogP contribution in [0.1, 0.15) is 6.92 Å². The average Bonchev–Trinajstić information content (AvgIpc) is 2.28. The Morgan fingerprint density at radius 2 is 1.88 bits per heavy atom. The molecule has 8 N–H and O–H groups in total. The Morgan fingerprint density at radius 1 is 1.31 bits per heavy atom. The second-order valence-electron chi connectivity index (χ2n) is 3.64. The SMILES string of the molecule is CC(CO)(CO)Nc1cc(NN)nc(N)n1. The number of nitrogens with one attached hydrogen (secondary N) is 2. The zero-order valence-corrected chi connectivity index (χ0v) is 8.94. The number of nitrogens with two attached hydrogens (primary N) is 2. The number of aliphatic hydroxyl groups excluding tert-OH is 2. The standard InChI is InChI=1S/C8H16N6O2/c1-8(3-15,4-16)13-5-2-6(14-10)12-7(9)11-5/h2,15-16H,3-4,10H2,1H3,(H4,9,11,12,13,14). The monoisotopic (exact) mass is 228 g/mol. The molecule has 8 nitrogen and oxygen atoms in total. The molecule has 1 heterocycles. The van der Waals surface area contributed by atoms with Crippen molar-refractivity contribution in [1.29, 1.82) is 0 Å². The lowest BCUT2D eigenvalue weighted by molar-refractivity contribution is 0.147. The largest absolute Gasteiger partial charge is 0.394 e. The van der Waals surface area contributed by atoms with Gasteiger partial charge in [0.05, 0.1) is 18.8 Å². The van der Waals surface area contributed by atoms with Gasteiger partial charge >= 0.3 is 0 Å². The molecule has 16 heavy (non-hydrogen) atoms. The second-order valence-corrected chi connectivity index (χ2v) is 3.64. The van der Waals surface area contributed by atoms with Crippen LogP contribution in [-0.2, 0) is 0 Å². The predicted octanol–water partition coefficient (Wildman–Crippen LogP) is -1.50. The molecule has 1 rings (SSSR count). The van der Waals surface area contributed by atoms with E-state index in [1.807, 2.05) is 0 Å². The smallest absolute Gasteiger partial charge is 0.223 e. The molecule has 0 saturated carbocycles. The van der Waals surface area contributed by atoms with E-state index in [1.165, 1.54) is 6.07 Å². The molecule has 0 fully saturated rings. The lowest BCUT2D eigenvalue weighted by atomic mass is 10.1. The molecule has 0 aliphatic carbocycles. The van der Waals surface area contributed by atoms with Gasteiger partial charge < -0.3 is 26.7 Å². The third-order valence-corrected chi connectivity index (χ3v) is 2.02. The third kappa shape index (κ3) is 2.92. The quantitative estimate of drug-likeness (QED) is 0.264. The molecule has 0 spiro atoms. The van der Waals surface area contributed by atoms with Gasteiger partial charge in [0.1, 0.15) is 11.6 Å². The van der Waals surface area contributed by atoms with E-state index in [0.29, 0.717) is 11.6 Å². The molecule has 1 aromatic heterocycles. The number of aliphatic hydroxyl groups is 2. The van der Waals surface area contributed by atoms with Crippen LogP contribution in [0.4, 0.5) is 17.6 Å². The fourth-order valence-electron chi connectivity index (χ4n) is 1.04. The van der Waals surface area contributed by atoms with Crippen molar-refractivity contribution >= 4 is 17.6 Å². The maximum absolute atomic E-state index is 9.10. The van der Waals surface area contributed by atoms with Crippen LogP contribution in [0.3, 0.4) is 0 Å². The summed E-state index contributed by atoms with van der Waals surface area (Å²) in [5.41, 5.74) is 6.91. The maximum atomic E-state index is 9.10. The average molecular weight is 228 g/mol. The topological polar surface area (TPSA) is 142 Å². The highest BCUT2D eigenvalue weighted by Gasteiger charge is 2.22. The Bertz CT molecular complexity index is 354. The van der Waals surface area contributed by atoms with Crippen molar-refractivity contribution in [2.24, 2.45) is 5.84 Å². The Morgan fingerprint density at radius 3 is 2.38 bits per heavy atom. The minimum absolute atomic E-state index is 0.0381. The van der Waals surface area contributed by atoms with E-state index >= 15 is 0 Å². The lowest BCUT2D eigenvalue weighted by Gasteiger charge is -2.26. The van der Waals surface area contributed by atoms with E-state index < -0.39 is 5.54 Å². The number of nitrogens with zero attached hydrogens (tertiary/aromatic N) is 2. The summed E-state index contributed by atoms with van der Waals surface area (Å²) >= 11 is 0. The normalized spacial score (nSPS) is 11.2. The first-order chi connectivity index (χ1) is 7.53. The molecular weight excluding hydrogens is 212 g/mol. The van der Waals surface area contributed by atoms with E-state index in [2.05, 4.69) is 20.7 Å². The van der Waals surface area contributed by atoms with Crippen LogP contribution in [0.2, 0.25) is 0 Å². The molecule has 0 amide bonds. The Balaban J connectivity index is 2.92. The number of aromatic nitrogens is 2. The highest BCUT2D eigenvalue weighted by Crippen LogP contribution is 2.16. The molecular formula is C8H16N6O2. The molecule has 0 aromatic carbocycles. The van der Waals surface area contributed by atoms with Crippen LogP contribution in [-0.4, -0.2) is 38.9 Å². The highest BCUT2D eigenvalue weighted by molar-refractivity contribution is 5.51. The minimum atomic E-state index is -0.882. The first-order valence-corrected chi connectivity index (χ1v) is 4.64. The Labute approximate surface area is 92.7 Å². The van der Waals surface area contributed by atoms with Crippen molar-refractivity contribution in [2.45, 2.75) is 12.5 Å². The Hall–Kier alpha value is -1.64. The van der Waals surface area contributed by atoms with Crippen molar-refractivity contribution in [3.8, 4) is 0 Å². The maximum Gasteiger partial charge on any atom is 0.223 e. The molecule has 0 aliphatic heterocycles. The van der Waals surface area contributed by atoms with Gasteiger partial charge in [-0.25, -0.2) is 5.84 Å². The van der Waals surface area contributed by atoms with Crippen LogP contribution in [0.5, 0.6) is 0 Å². The zero-order chi connectivity index (χ0) is 12.2. The van der Waals surface area contributed by atoms with Gasteiger partial charge in [-0.2, -0.15) is 9.97 Å². The first kappa shape index (κ1) is 12.4. The van der Waals surface area contributed by atoms with E-state index in [1.54, 1.807) is 6.92 Å². The number of hydrogen-bond donors (Lipinski definition) is 6. The van der Waals surface area contributed by atoms with Gasteiger partial charge in [0.25, 0.3) is 0 Å². The van der Waals surface area contributed by atoms with Gasteiger partial charge in [-0.1, -0.05) is 0 Å². The van der Waals surface area contributed by atoms with Crippen molar-refractivity contribution in [1.82, 2.24) is 9.97 Å². The van der Waals surface area contributed by atoms with E-state index in [0.717, 1.165) is 0 Å². The lowest BCUT2D eigenvalue weighted by Crippen LogP contribution is -2.42. The third-order valence-electron chi connectivity index (χ3n) is 2.02. The summed E-state index contributed by atoms with van der Waals surface area (Å²) in [6.45, 7) is 1.14. The fourth-order valence-corrected chi connectivity index (χ4v) is 1.04. The van der Waals surface area contributed by atoms with Crippen LogP contribution < -0.4 is 22.3 Å². The van der Waals surface area contributed by atoms with E-state index in [4.69, 9.17) is 21.8 Å². The minimum Gasteiger partial charge on any atom is -0.394 e. The first-order valence-electron chi connectivity index (χ1n) is 4.64. The van der Waals surface area contributed by atoms with Crippen molar-refractivity contribution in [3.05, 3.63) is 6.07 Å². The summed E-state index contributed by atoms with van der Waals surface area (Å²) in [7, 11) is 0. The molecule has 90 valence electrons. The summed E-state index contributed by atoms with van der Waals surface area (Å²) in [6, 6.07) is 1.51.